The molecule has 0 unspecified atom stereocenters. The van der Waals surface area contributed by atoms with Gasteiger partial charge in [-0.3, -0.25) is 0 Å². The van der Waals surface area contributed by atoms with E-state index < -0.39 is 0 Å². The van der Waals surface area contributed by atoms with E-state index in [4.69, 9.17) is 0 Å². The van der Waals surface area contributed by atoms with Gasteiger partial charge in [-0.15, -0.1) is 4.79 Å². The molecule has 2 aromatic rings. The second-order valence-corrected chi connectivity index (χ2v) is 11.2. The Morgan fingerprint density at radius 3 is 1.56 bits per heavy atom. The van der Waals surface area contributed by atoms with Crippen LogP contribution in [0.25, 0.3) is 11.1 Å². The van der Waals surface area contributed by atoms with Gasteiger partial charge in [0, 0.05) is 0 Å². The summed E-state index contributed by atoms with van der Waals surface area (Å²) in [7, 11) is 0. The number of rotatable bonds is 18. The van der Waals surface area contributed by atoms with Crippen molar-refractivity contribution < 1.29 is 4.79 Å². The summed E-state index contributed by atoms with van der Waals surface area (Å²) >= 11 is 0. The quantitative estimate of drug-likeness (QED) is 0.0609. The van der Waals surface area contributed by atoms with E-state index in [1.807, 2.05) is 0 Å². The van der Waals surface area contributed by atoms with Crippen LogP contribution < -0.4 is 0 Å². The van der Waals surface area contributed by atoms with Crippen molar-refractivity contribution in [2.75, 3.05) is 0 Å². The number of nitrogens with zero attached hydrogens (tertiary/aromatic N) is 2. The predicted molar refractivity (Wildman–Crippen MR) is 171 cm³/mol. The van der Waals surface area contributed by atoms with Crippen molar-refractivity contribution in [3.63, 3.8) is 0 Å². The molecule has 0 fully saturated rings. The summed E-state index contributed by atoms with van der Waals surface area (Å²) in [5.74, 6) is 3.00. The molecule has 0 aromatic heterocycles. The fraction of sp³-hybridized carbons (Fsp3) is 0.568. The average Bonchev–Trinajstić information content (AvgIpc) is 2.95. The first-order valence-electron chi connectivity index (χ1n) is 15.9. The van der Waals surface area contributed by atoms with Crippen molar-refractivity contribution in [3.8, 4) is 0 Å². The minimum atomic E-state index is 0.887. The second kappa shape index (κ2) is 18.6. The normalized spacial score (nSPS) is 11.6. The van der Waals surface area contributed by atoms with E-state index in [1.54, 1.807) is 0 Å². The van der Waals surface area contributed by atoms with E-state index in [-0.39, 0.29) is 0 Å². The molecule has 0 aliphatic carbocycles. The lowest BCUT2D eigenvalue weighted by atomic mass is 9.85. The molecular weight excluding hydrogens is 472 g/mol. The summed E-state index contributed by atoms with van der Waals surface area (Å²) in [5, 5.41) is 0. The molecule has 0 bridgehead atoms. The zero-order chi connectivity index (χ0) is 28.5. The fourth-order valence-electron chi connectivity index (χ4n) is 5.49. The maximum absolute atomic E-state index is 9.60. The van der Waals surface area contributed by atoms with Crippen molar-refractivity contribution >= 4 is 11.4 Å². The highest BCUT2D eigenvalue weighted by atomic mass is 14.8. The molecule has 2 rings (SSSR count). The van der Waals surface area contributed by atoms with Crippen LogP contribution in [0, 0.1) is 0 Å². The Bertz CT molecular complexity index is 1090. The van der Waals surface area contributed by atoms with E-state index in [0.717, 1.165) is 44.1 Å². The lowest BCUT2D eigenvalue weighted by molar-refractivity contribution is 0.00741. The van der Waals surface area contributed by atoms with Gasteiger partial charge in [-0.1, -0.05) is 116 Å². The van der Waals surface area contributed by atoms with Crippen LogP contribution in [-0.2, 0) is 25.7 Å². The summed E-state index contributed by atoms with van der Waals surface area (Å²) in [6.45, 7) is 13.5. The molecular formula is C37H54N2. The third-order valence-corrected chi connectivity index (χ3v) is 7.93. The zero-order valence-corrected chi connectivity index (χ0v) is 26.0. The molecule has 0 aliphatic heterocycles. The standard InChI is InChI=1S/C37H54N2/c1-7-12-15-16-17-18-21-34(28-39-38)29(6)37(35-24-30(10-4)22-31(11-5)25-35)36-26-32(19-13-8-2)23-33(27-36)20-14-9-3/h22-27H,7-21H2,1-6H3. The Labute approximate surface area is 240 Å². The van der Waals surface area contributed by atoms with Crippen molar-refractivity contribution in [2.24, 2.45) is 0 Å². The molecule has 2 aromatic carbocycles. The SMILES string of the molecule is CCCCCCCCC(=C=[N+]=[N-])C(C)=C(c1cc(CC)cc(CC)c1)c1cc(CCCC)cc(CCCC)c1. The van der Waals surface area contributed by atoms with Gasteiger partial charge in [0.25, 0.3) is 0 Å². The minimum absolute atomic E-state index is 0.887. The smallest absolute Gasteiger partial charge is 0.303 e. The summed E-state index contributed by atoms with van der Waals surface area (Å²) in [4.78, 5) is 3.42. The van der Waals surface area contributed by atoms with Gasteiger partial charge in [-0.2, -0.15) is 0 Å². The van der Waals surface area contributed by atoms with Crippen molar-refractivity contribution in [1.82, 2.24) is 0 Å². The van der Waals surface area contributed by atoms with Crippen molar-refractivity contribution in [3.05, 3.63) is 86.5 Å². The summed E-state index contributed by atoms with van der Waals surface area (Å²) in [5.41, 5.74) is 21.3. The van der Waals surface area contributed by atoms with Gasteiger partial charge in [0.05, 0.1) is 5.57 Å². The van der Waals surface area contributed by atoms with Crippen LogP contribution in [0.3, 0.4) is 0 Å². The highest BCUT2D eigenvalue weighted by Gasteiger charge is 2.17. The highest BCUT2D eigenvalue weighted by Crippen LogP contribution is 2.34. The summed E-state index contributed by atoms with van der Waals surface area (Å²) < 4.78 is 0. The van der Waals surface area contributed by atoms with Crippen LogP contribution in [0.15, 0.2) is 47.5 Å². The van der Waals surface area contributed by atoms with Crippen LogP contribution in [0.5, 0.6) is 0 Å². The van der Waals surface area contributed by atoms with E-state index in [1.165, 1.54) is 102 Å². The Morgan fingerprint density at radius 1 is 0.615 bits per heavy atom. The second-order valence-electron chi connectivity index (χ2n) is 11.2. The Kier molecular flexibility index (Phi) is 15.5. The Morgan fingerprint density at radius 2 is 1.08 bits per heavy atom. The molecule has 0 saturated heterocycles. The van der Waals surface area contributed by atoms with E-state index in [2.05, 4.69) is 88.6 Å². The summed E-state index contributed by atoms with van der Waals surface area (Å²) in [6.07, 6.45) is 17.4. The molecule has 2 heteroatoms. The van der Waals surface area contributed by atoms with E-state index >= 15 is 0 Å². The lowest BCUT2D eigenvalue weighted by Crippen LogP contribution is -2.02. The molecule has 0 atom stereocenters. The number of aryl methyl sites for hydroxylation is 4. The Balaban J connectivity index is 2.70. The average molecular weight is 527 g/mol. The maximum atomic E-state index is 9.60. The van der Waals surface area contributed by atoms with Crippen LogP contribution in [-0.4, -0.2) is 10.7 Å². The zero-order valence-electron chi connectivity index (χ0n) is 26.0. The maximum Gasteiger partial charge on any atom is 0.303 e. The lowest BCUT2D eigenvalue weighted by Gasteiger charge is -2.19. The topological polar surface area (TPSA) is 36.4 Å². The largest absolute Gasteiger partial charge is 0.348 e. The van der Waals surface area contributed by atoms with Gasteiger partial charge < -0.3 is 5.53 Å². The van der Waals surface area contributed by atoms with Crippen molar-refractivity contribution in [2.45, 2.75) is 138 Å². The van der Waals surface area contributed by atoms with Gasteiger partial charge in [0.15, 0.2) is 0 Å². The molecule has 0 amide bonds. The number of unbranched alkanes of at least 4 members (excludes halogenated alkanes) is 7. The number of allylic oxidation sites excluding steroid dienone is 2. The molecule has 0 saturated carbocycles. The minimum Gasteiger partial charge on any atom is -0.348 e. The molecule has 0 N–H and O–H groups in total. The van der Waals surface area contributed by atoms with Gasteiger partial charge in [0.2, 0.25) is 0 Å². The third-order valence-electron chi connectivity index (χ3n) is 7.93. The van der Waals surface area contributed by atoms with E-state index in [9.17, 15) is 5.53 Å². The van der Waals surface area contributed by atoms with Crippen molar-refractivity contribution in [1.29, 1.82) is 0 Å². The molecule has 0 heterocycles. The van der Waals surface area contributed by atoms with Crippen LogP contribution >= 0.6 is 0 Å². The fourth-order valence-corrected chi connectivity index (χ4v) is 5.49. The monoisotopic (exact) mass is 526 g/mol. The molecule has 0 spiro atoms. The molecule has 0 radical (unpaired) electrons. The first-order chi connectivity index (χ1) is 19.0. The number of benzene rings is 2. The van der Waals surface area contributed by atoms with Crippen LogP contribution in [0.1, 0.15) is 146 Å². The first-order valence-corrected chi connectivity index (χ1v) is 15.9. The molecule has 212 valence electrons. The Hall–Kier alpha value is -2.66. The molecule has 2 nitrogen and oxygen atoms in total. The van der Waals surface area contributed by atoms with Gasteiger partial charge in [-0.05, 0) is 103 Å². The van der Waals surface area contributed by atoms with Crippen LogP contribution in [0.4, 0.5) is 0 Å². The van der Waals surface area contributed by atoms with Gasteiger partial charge >= 0.3 is 5.87 Å². The third kappa shape index (κ3) is 10.8. The highest BCUT2D eigenvalue weighted by molar-refractivity contribution is 5.87. The van der Waals surface area contributed by atoms with Crippen LogP contribution in [0.2, 0.25) is 0 Å². The van der Waals surface area contributed by atoms with Gasteiger partial charge in [-0.25, -0.2) is 0 Å². The van der Waals surface area contributed by atoms with Gasteiger partial charge in [0.1, 0.15) is 0 Å². The number of hydrogen-bond acceptors (Lipinski definition) is 0. The first kappa shape index (κ1) is 32.6. The number of hydrogen-bond donors (Lipinski definition) is 0. The predicted octanol–water partition coefficient (Wildman–Crippen LogP) is 10.9. The van der Waals surface area contributed by atoms with E-state index in [0.29, 0.717) is 0 Å². The molecule has 39 heavy (non-hydrogen) atoms. The summed E-state index contributed by atoms with van der Waals surface area (Å²) in [6, 6.07) is 14.4. The molecule has 0 aliphatic rings.